The van der Waals surface area contributed by atoms with Crippen molar-refractivity contribution in [2.75, 3.05) is 40.0 Å². The smallest absolute Gasteiger partial charge is 0.263 e. The molecule has 3 atom stereocenters. The molecule has 4 aromatic rings. The number of thiazole rings is 1. The van der Waals surface area contributed by atoms with E-state index in [-0.39, 0.29) is 51.0 Å². The lowest BCUT2D eigenvalue weighted by molar-refractivity contribution is -0.141. The van der Waals surface area contributed by atoms with Crippen molar-refractivity contribution in [1.29, 1.82) is 0 Å². The summed E-state index contributed by atoms with van der Waals surface area (Å²) in [5, 5.41) is 13.0. The average molecular weight is 746 g/mol. The molecule has 0 fully saturated rings. The summed E-state index contributed by atoms with van der Waals surface area (Å²) in [5.41, 5.74) is 2.91. The number of benzene rings is 2. The minimum atomic E-state index is -1.15. The van der Waals surface area contributed by atoms with Gasteiger partial charge in [0.05, 0.1) is 30.4 Å². The number of ether oxygens (including phenoxy) is 2. The molecule has 282 valence electrons. The summed E-state index contributed by atoms with van der Waals surface area (Å²) in [6.45, 7) is 7.30. The molecule has 14 nitrogen and oxygen atoms in total. The average Bonchev–Trinajstić information content (AvgIpc) is 3.71. The Hall–Kier alpha value is -5.28. The van der Waals surface area contributed by atoms with Crippen LogP contribution in [0.25, 0.3) is 10.9 Å². The van der Waals surface area contributed by atoms with E-state index >= 15 is 0 Å². The van der Waals surface area contributed by atoms with Crippen molar-refractivity contribution in [2.24, 2.45) is 5.92 Å². The predicted octanol–water partition coefficient (Wildman–Crippen LogP) is 2.43. The quantitative estimate of drug-likeness (QED) is 0.171. The van der Waals surface area contributed by atoms with Crippen molar-refractivity contribution in [3.05, 3.63) is 81.4 Å². The molecule has 5 amide bonds. The molecule has 0 radical (unpaired) electrons. The van der Waals surface area contributed by atoms with Crippen molar-refractivity contribution >= 4 is 51.8 Å². The number of hydrogen-bond donors (Lipinski definition) is 5. The number of fused-ring (bicyclic) bond motifs is 18. The zero-order valence-electron chi connectivity index (χ0n) is 30.6. The van der Waals surface area contributed by atoms with Crippen LogP contribution in [0.2, 0.25) is 0 Å². The molecule has 5 N–H and O–H groups in total. The molecule has 0 aliphatic carbocycles. The largest absolute Gasteiger partial charge is 0.492 e. The fourth-order valence-corrected chi connectivity index (χ4v) is 7.02. The van der Waals surface area contributed by atoms with Gasteiger partial charge in [-0.1, -0.05) is 44.2 Å². The van der Waals surface area contributed by atoms with E-state index in [4.69, 9.17) is 9.47 Å². The maximum absolute atomic E-state index is 14.5. The highest BCUT2D eigenvalue weighted by Crippen LogP contribution is 2.21. The highest BCUT2D eigenvalue weighted by atomic mass is 32.1. The number of aromatic nitrogens is 2. The number of nitrogens with zero attached hydrogens (tertiary/aromatic N) is 2. The molecule has 6 rings (SSSR count). The van der Waals surface area contributed by atoms with E-state index < -0.39 is 48.3 Å². The summed E-state index contributed by atoms with van der Waals surface area (Å²) >= 11 is 1.23. The highest BCUT2D eigenvalue weighted by Gasteiger charge is 2.33. The fraction of sp³-hybridized carbons (Fsp3) is 0.421. The second kappa shape index (κ2) is 18.0. The van der Waals surface area contributed by atoms with Gasteiger partial charge in [0, 0.05) is 43.6 Å². The van der Waals surface area contributed by atoms with E-state index in [1.807, 2.05) is 38.1 Å². The first-order valence-electron chi connectivity index (χ1n) is 17.6. The molecular weight excluding hydrogens is 699 g/mol. The summed E-state index contributed by atoms with van der Waals surface area (Å²) < 4.78 is 11.1. The lowest BCUT2D eigenvalue weighted by Gasteiger charge is -2.30. The number of hydrogen-bond acceptors (Lipinski definition) is 9. The summed E-state index contributed by atoms with van der Waals surface area (Å²) in [5.74, 6) is -2.21. The fourth-order valence-electron chi connectivity index (χ4n) is 6.19. The lowest BCUT2D eigenvalue weighted by atomic mass is 10.0. The Bertz CT molecular complexity index is 1920. The van der Waals surface area contributed by atoms with Gasteiger partial charge < -0.3 is 40.6 Å². The van der Waals surface area contributed by atoms with Crippen LogP contribution >= 0.6 is 11.3 Å². The SMILES string of the molecule is COCCN1CC(=O)N[C@@H](C(C)C)C(=O)NCCOc2ccc(cc2)C[C@H](NC(=O)c2sc(C)nc2C)C(=O)N[C@@H](Cc2c[nH]c3ccccc23)C1=O. The van der Waals surface area contributed by atoms with E-state index in [1.54, 1.807) is 44.3 Å². The maximum atomic E-state index is 14.5. The Balaban J connectivity index is 1.53. The molecule has 4 heterocycles. The number of H-pyrrole nitrogens is 1. The van der Waals surface area contributed by atoms with Gasteiger partial charge in [-0.15, -0.1) is 11.3 Å². The van der Waals surface area contributed by atoms with Gasteiger partial charge in [-0.05, 0) is 49.1 Å². The van der Waals surface area contributed by atoms with E-state index in [1.165, 1.54) is 23.3 Å². The Morgan fingerprint density at radius 1 is 1.06 bits per heavy atom. The molecule has 2 aromatic carbocycles. The molecule has 15 heteroatoms. The second-order valence-electron chi connectivity index (χ2n) is 13.3. The van der Waals surface area contributed by atoms with E-state index in [0.717, 1.165) is 22.0 Å². The Morgan fingerprint density at radius 2 is 1.81 bits per heavy atom. The molecule has 0 unspecified atom stereocenters. The number of carbonyl (C=O) groups excluding carboxylic acids is 5. The highest BCUT2D eigenvalue weighted by molar-refractivity contribution is 7.13. The molecule has 0 spiro atoms. The summed E-state index contributed by atoms with van der Waals surface area (Å²) in [6.07, 6.45) is 1.97. The zero-order chi connectivity index (χ0) is 38.1. The Morgan fingerprint density at radius 3 is 2.51 bits per heavy atom. The summed E-state index contributed by atoms with van der Waals surface area (Å²) in [6, 6.07) is 11.6. The number of para-hydroxylation sites is 1. The van der Waals surface area contributed by atoms with E-state index in [2.05, 4.69) is 31.2 Å². The minimum Gasteiger partial charge on any atom is -0.492 e. The molecule has 0 saturated heterocycles. The van der Waals surface area contributed by atoms with Gasteiger partial charge in [-0.25, -0.2) is 4.98 Å². The van der Waals surface area contributed by atoms with Crippen LogP contribution in [0.4, 0.5) is 0 Å². The van der Waals surface area contributed by atoms with Crippen LogP contribution < -0.4 is 26.0 Å². The first-order valence-corrected chi connectivity index (χ1v) is 18.4. The predicted molar refractivity (Wildman–Crippen MR) is 201 cm³/mol. The number of methoxy groups -OCH3 is 1. The Kier molecular flexibility index (Phi) is 13.2. The second-order valence-corrected chi connectivity index (χ2v) is 14.5. The van der Waals surface area contributed by atoms with Gasteiger partial charge in [-0.2, -0.15) is 0 Å². The number of nitrogens with one attached hydrogen (secondary N) is 5. The van der Waals surface area contributed by atoms with Crippen LogP contribution in [0.5, 0.6) is 5.75 Å². The summed E-state index contributed by atoms with van der Waals surface area (Å²) in [7, 11) is 1.48. The topological polar surface area (TPSA) is 184 Å². The zero-order valence-corrected chi connectivity index (χ0v) is 31.4. The van der Waals surface area contributed by atoms with Crippen molar-refractivity contribution in [3.8, 4) is 5.75 Å². The normalized spacial score (nSPS) is 19.4. The molecule has 2 bridgehead atoms. The van der Waals surface area contributed by atoms with Gasteiger partial charge in [0.15, 0.2) is 0 Å². The van der Waals surface area contributed by atoms with Crippen LogP contribution in [0, 0.1) is 19.8 Å². The van der Waals surface area contributed by atoms with E-state index in [0.29, 0.717) is 21.3 Å². The number of carbonyl (C=O) groups is 5. The van der Waals surface area contributed by atoms with Gasteiger partial charge >= 0.3 is 0 Å². The van der Waals surface area contributed by atoms with Gasteiger partial charge in [0.1, 0.15) is 35.4 Å². The van der Waals surface area contributed by atoms with Crippen molar-refractivity contribution in [1.82, 2.24) is 36.1 Å². The molecular formula is C38H47N7O7S. The van der Waals surface area contributed by atoms with Crippen LogP contribution in [0.1, 0.15) is 45.3 Å². The maximum Gasteiger partial charge on any atom is 0.263 e. The van der Waals surface area contributed by atoms with Gasteiger partial charge in [-0.3, -0.25) is 24.0 Å². The van der Waals surface area contributed by atoms with E-state index in [9.17, 15) is 24.0 Å². The summed E-state index contributed by atoms with van der Waals surface area (Å²) in [4.78, 5) is 78.4. The van der Waals surface area contributed by atoms with Crippen molar-refractivity contribution in [3.63, 3.8) is 0 Å². The third kappa shape index (κ3) is 10.2. The van der Waals surface area contributed by atoms with Crippen LogP contribution in [-0.4, -0.2) is 102 Å². The lowest BCUT2D eigenvalue weighted by Crippen LogP contribution is -2.58. The molecule has 53 heavy (non-hydrogen) atoms. The first kappa shape index (κ1) is 38.9. The third-order valence-electron chi connectivity index (χ3n) is 8.96. The van der Waals surface area contributed by atoms with Gasteiger partial charge in [0.25, 0.3) is 5.91 Å². The number of rotatable bonds is 8. The molecule has 2 aliphatic rings. The standard InChI is InChI=1S/C38H47N7O7S/c1-22(2)33-36(48)39-14-16-52-27-12-10-25(11-13-27)18-30(42-37(49)34-23(3)41-24(4)53-34)35(47)43-31(19-26-20-40-29-9-7-6-8-28(26)29)38(50)45(15-17-51-5)21-32(46)44-33/h6-13,20,22,30-31,33,40H,14-19,21H2,1-5H3,(H,39,48)(H,42,49)(H,43,47)(H,44,46)/t30-,31-,33-/m0/s1. The first-order chi connectivity index (χ1) is 25.4. The van der Waals surface area contributed by atoms with Gasteiger partial charge in [0.2, 0.25) is 23.6 Å². The monoisotopic (exact) mass is 745 g/mol. The van der Waals surface area contributed by atoms with Crippen LogP contribution in [-0.2, 0) is 36.8 Å². The van der Waals surface area contributed by atoms with Crippen LogP contribution in [0.3, 0.4) is 0 Å². The third-order valence-corrected chi connectivity index (χ3v) is 10.0. The van der Waals surface area contributed by atoms with Crippen LogP contribution in [0.15, 0.2) is 54.7 Å². The molecule has 2 aromatic heterocycles. The number of amides is 5. The number of aryl methyl sites for hydroxylation is 2. The minimum absolute atomic E-state index is 0.0371. The molecule has 0 saturated carbocycles. The molecule has 2 aliphatic heterocycles. The number of aromatic amines is 1. The van der Waals surface area contributed by atoms with Crippen molar-refractivity contribution in [2.45, 2.75) is 58.7 Å². The Labute approximate surface area is 312 Å². The van der Waals surface area contributed by atoms with Crippen molar-refractivity contribution < 1.29 is 33.4 Å².